The molecule has 1 aromatic carbocycles. The van der Waals surface area contributed by atoms with Crippen LogP contribution in [0.4, 0.5) is 0 Å². The molecule has 0 spiro atoms. The molecule has 1 amide bonds. The minimum atomic E-state index is 0.0372. The highest BCUT2D eigenvalue weighted by Gasteiger charge is 2.27. The van der Waals surface area contributed by atoms with Crippen LogP contribution in [0.15, 0.2) is 29.6 Å². The number of hydrogen-bond acceptors (Lipinski definition) is 4. The van der Waals surface area contributed by atoms with Gasteiger partial charge in [-0.1, -0.05) is 29.8 Å². The summed E-state index contributed by atoms with van der Waals surface area (Å²) in [5, 5.41) is 6.96. The van der Waals surface area contributed by atoms with E-state index in [-0.39, 0.29) is 5.91 Å². The third-order valence-corrected chi connectivity index (χ3v) is 6.21. The van der Waals surface area contributed by atoms with Crippen molar-refractivity contribution in [3.05, 3.63) is 40.4 Å². The maximum atomic E-state index is 12.7. The van der Waals surface area contributed by atoms with E-state index in [0.717, 1.165) is 49.0 Å². The molecule has 4 nitrogen and oxygen atoms in total. The lowest BCUT2D eigenvalue weighted by Crippen LogP contribution is -2.45. The number of nitrogens with one attached hydrogen (secondary N) is 1. The fraction of sp³-hybridized carbons (Fsp3) is 0.474. The van der Waals surface area contributed by atoms with Crippen molar-refractivity contribution in [2.24, 2.45) is 5.92 Å². The number of carbonyl (C=O) groups excluding carboxylic acids is 1. The highest BCUT2D eigenvalue weighted by molar-refractivity contribution is 7.13. The van der Waals surface area contributed by atoms with Crippen LogP contribution >= 0.6 is 22.9 Å². The maximum absolute atomic E-state index is 12.7. The van der Waals surface area contributed by atoms with Crippen LogP contribution in [-0.2, 0) is 0 Å². The maximum Gasteiger partial charge on any atom is 0.273 e. The minimum Gasteiger partial charge on any atom is -0.337 e. The monoisotopic (exact) mass is 375 g/mol. The average Bonchev–Trinajstić information content (AvgIpc) is 3.35. The number of likely N-dealkylation sites (tertiary alicyclic amines) is 1. The van der Waals surface area contributed by atoms with E-state index in [2.05, 4.69) is 10.3 Å². The van der Waals surface area contributed by atoms with Gasteiger partial charge in [0, 0.05) is 30.1 Å². The second kappa shape index (κ2) is 7.44. The Hall–Kier alpha value is -1.43. The molecule has 2 fully saturated rings. The lowest BCUT2D eigenvalue weighted by Gasteiger charge is -2.32. The molecule has 6 heteroatoms. The topological polar surface area (TPSA) is 45.2 Å². The predicted molar refractivity (Wildman–Crippen MR) is 102 cm³/mol. The number of piperidine rings is 1. The zero-order valence-electron chi connectivity index (χ0n) is 14.1. The summed E-state index contributed by atoms with van der Waals surface area (Å²) in [5.41, 5.74) is 1.42. The summed E-state index contributed by atoms with van der Waals surface area (Å²) in [5.74, 6) is 0.938. The number of amides is 1. The van der Waals surface area contributed by atoms with Gasteiger partial charge in [-0.2, -0.15) is 0 Å². The largest absolute Gasteiger partial charge is 0.337 e. The van der Waals surface area contributed by atoms with Gasteiger partial charge >= 0.3 is 0 Å². The molecule has 1 N–H and O–H groups in total. The summed E-state index contributed by atoms with van der Waals surface area (Å²) in [6.45, 7) is 2.76. The normalized spacial score (nSPS) is 18.5. The van der Waals surface area contributed by atoms with Crippen molar-refractivity contribution in [2.75, 3.05) is 19.6 Å². The number of rotatable bonds is 5. The Labute approximate surface area is 157 Å². The molecule has 4 rings (SSSR count). The van der Waals surface area contributed by atoms with E-state index < -0.39 is 0 Å². The molecule has 2 heterocycles. The molecule has 1 aromatic heterocycles. The van der Waals surface area contributed by atoms with Crippen molar-refractivity contribution in [1.29, 1.82) is 0 Å². The van der Waals surface area contributed by atoms with Gasteiger partial charge in [0.05, 0.1) is 5.02 Å². The van der Waals surface area contributed by atoms with Crippen molar-refractivity contribution in [3.8, 4) is 10.6 Å². The number of thiazole rings is 1. The van der Waals surface area contributed by atoms with Crippen LogP contribution < -0.4 is 5.32 Å². The molecule has 132 valence electrons. The SMILES string of the molecule is O=C(c1csc(-c2ccccc2Cl)n1)N1CCC(NCC2CC2)CC1. The van der Waals surface area contributed by atoms with E-state index in [1.54, 1.807) is 0 Å². The molecule has 1 aliphatic heterocycles. The first kappa shape index (κ1) is 17.0. The molecule has 1 saturated carbocycles. The van der Waals surface area contributed by atoms with Gasteiger partial charge < -0.3 is 10.2 Å². The Bertz CT molecular complexity index is 751. The van der Waals surface area contributed by atoms with Gasteiger partial charge in [-0.3, -0.25) is 4.79 Å². The first-order valence-corrected chi connectivity index (χ1v) is 10.2. The molecule has 1 aliphatic carbocycles. The first-order valence-electron chi connectivity index (χ1n) is 8.94. The number of carbonyl (C=O) groups is 1. The smallest absolute Gasteiger partial charge is 0.273 e. The van der Waals surface area contributed by atoms with Crippen LogP contribution in [0.25, 0.3) is 10.6 Å². The lowest BCUT2D eigenvalue weighted by atomic mass is 10.0. The molecule has 2 aliphatic rings. The predicted octanol–water partition coefficient (Wildman–Crippen LogP) is 4.07. The summed E-state index contributed by atoms with van der Waals surface area (Å²) in [7, 11) is 0. The summed E-state index contributed by atoms with van der Waals surface area (Å²) in [4.78, 5) is 19.2. The number of aromatic nitrogens is 1. The third kappa shape index (κ3) is 4.05. The summed E-state index contributed by atoms with van der Waals surface area (Å²) in [6.07, 6.45) is 4.81. The van der Waals surface area contributed by atoms with Gasteiger partial charge in [0.25, 0.3) is 5.91 Å². The lowest BCUT2D eigenvalue weighted by molar-refractivity contribution is 0.0700. The van der Waals surface area contributed by atoms with E-state index in [9.17, 15) is 4.79 Å². The number of nitrogens with zero attached hydrogens (tertiary/aromatic N) is 2. The molecule has 2 aromatic rings. The molecular formula is C19H22ClN3OS. The van der Waals surface area contributed by atoms with Crippen LogP contribution in [-0.4, -0.2) is 41.5 Å². The second-order valence-electron chi connectivity index (χ2n) is 6.94. The highest BCUT2D eigenvalue weighted by atomic mass is 35.5. The van der Waals surface area contributed by atoms with Gasteiger partial charge in [0.2, 0.25) is 0 Å². The molecule has 25 heavy (non-hydrogen) atoms. The molecular weight excluding hydrogens is 354 g/mol. The molecule has 1 saturated heterocycles. The van der Waals surface area contributed by atoms with Crippen LogP contribution in [0.1, 0.15) is 36.2 Å². The van der Waals surface area contributed by atoms with Crippen molar-refractivity contribution < 1.29 is 4.79 Å². The average molecular weight is 376 g/mol. The first-order chi connectivity index (χ1) is 12.2. The van der Waals surface area contributed by atoms with Crippen molar-refractivity contribution in [2.45, 2.75) is 31.7 Å². The molecule has 0 bridgehead atoms. The van der Waals surface area contributed by atoms with Gasteiger partial charge in [-0.05, 0) is 44.2 Å². The van der Waals surface area contributed by atoms with E-state index >= 15 is 0 Å². The quantitative estimate of drug-likeness (QED) is 0.856. The highest BCUT2D eigenvalue weighted by Crippen LogP contribution is 2.31. The fourth-order valence-corrected chi connectivity index (χ4v) is 4.35. The molecule has 0 atom stereocenters. The van der Waals surface area contributed by atoms with Crippen LogP contribution in [0.3, 0.4) is 0 Å². The van der Waals surface area contributed by atoms with E-state index in [1.807, 2.05) is 34.5 Å². The Kier molecular flexibility index (Phi) is 5.06. The number of benzene rings is 1. The van der Waals surface area contributed by atoms with Gasteiger partial charge in [0.1, 0.15) is 10.7 Å². The summed E-state index contributed by atoms with van der Waals surface area (Å²) >= 11 is 7.71. The molecule has 0 radical (unpaired) electrons. The molecule has 0 unspecified atom stereocenters. The van der Waals surface area contributed by atoms with Gasteiger partial charge in [-0.25, -0.2) is 4.98 Å². The second-order valence-corrected chi connectivity index (χ2v) is 8.20. The van der Waals surface area contributed by atoms with Crippen molar-refractivity contribution >= 4 is 28.8 Å². The van der Waals surface area contributed by atoms with Crippen LogP contribution in [0.2, 0.25) is 5.02 Å². The Balaban J connectivity index is 1.36. The summed E-state index contributed by atoms with van der Waals surface area (Å²) < 4.78 is 0. The van der Waals surface area contributed by atoms with E-state index in [4.69, 9.17) is 11.6 Å². The number of hydrogen-bond donors (Lipinski definition) is 1. The Morgan fingerprint density at radius 1 is 1.24 bits per heavy atom. The minimum absolute atomic E-state index is 0.0372. The Morgan fingerprint density at radius 3 is 2.72 bits per heavy atom. The third-order valence-electron chi connectivity index (χ3n) is 5.00. The standard InChI is InChI=1S/C19H22ClN3OS/c20-16-4-2-1-3-15(16)18-22-17(12-25-18)19(24)23-9-7-14(8-10-23)21-11-13-5-6-13/h1-4,12-14,21H,5-11H2. The zero-order valence-corrected chi connectivity index (χ0v) is 15.7. The van der Waals surface area contributed by atoms with Gasteiger partial charge in [-0.15, -0.1) is 11.3 Å². The van der Waals surface area contributed by atoms with Crippen molar-refractivity contribution in [1.82, 2.24) is 15.2 Å². The van der Waals surface area contributed by atoms with E-state index in [1.165, 1.54) is 24.2 Å². The van der Waals surface area contributed by atoms with Crippen LogP contribution in [0.5, 0.6) is 0 Å². The van der Waals surface area contributed by atoms with Crippen LogP contribution in [0, 0.1) is 5.92 Å². The summed E-state index contributed by atoms with van der Waals surface area (Å²) in [6, 6.07) is 8.17. The van der Waals surface area contributed by atoms with Crippen molar-refractivity contribution in [3.63, 3.8) is 0 Å². The Morgan fingerprint density at radius 2 is 2.00 bits per heavy atom. The number of halogens is 1. The van der Waals surface area contributed by atoms with E-state index in [0.29, 0.717) is 16.8 Å². The van der Waals surface area contributed by atoms with Gasteiger partial charge in [0.15, 0.2) is 0 Å². The fourth-order valence-electron chi connectivity index (χ4n) is 3.23. The zero-order chi connectivity index (χ0) is 17.2.